The van der Waals surface area contributed by atoms with Crippen molar-refractivity contribution in [3.05, 3.63) is 63.9 Å². The third kappa shape index (κ3) is 4.22. The van der Waals surface area contributed by atoms with Crippen molar-refractivity contribution in [2.75, 3.05) is 17.9 Å². The van der Waals surface area contributed by atoms with Gasteiger partial charge in [-0.05, 0) is 48.7 Å². The summed E-state index contributed by atoms with van der Waals surface area (Å²) in [6.07, 6.45) is 0.718. The van der Waals surface area contributed by atoms with Gasteiger partial charge in [-0.2, -0.15) is 0 Å². The fraction of sp³-hybridized carbons (Fsp3) is 0.318. The van der Waals surface area contributed by atoms with Crippen molar-refractivity contribution in [2.45, 2.75) is 43.6 Å². The molecule has 1 amide bonds. The number of halogens is 1. The number of carbonyl (C=O) groups is 1. The lowest BCUT2D eigenvalue weighted by atomic mass is 10.0. The van der Waals surface area contributed by atoms with E-state index in [0.29, 0.717) is 15.9 Å². The molecule has 2 atom stereocenters. The zero-order chi connectivity index (χ0) is 22.1. The van der Waals surface area contributed by atoms with Gasteiger partial charge in [0.25, 0.3) is 0 Å². The van der Waals surface area contributed by atoms with Gasteiger partial charge in [0.15, 0.2) is 5.82 Å². The number of carbonyl (C=O) groups excluding carboxylic acids is 1. The van der Waals surface area contributed by atoms with Crippen molar-refractivity contribution in [3.8, 4) is 5.75 Å². The molecule has 1 aromatic heterocycles. The molecular formula is C22H24ClN5O2S. The molecule has 0 radical (unpaired) electrons. The highest BCUT2D eigenvalue weighted by molar-refractivity contribution is 8.00. The minimum absolute atomic E-state index is 0.115. The Bertz CT molecular complexity index is 1130. The molecule has 162 valence electrons. The number of hydrogen-bond acceptors (Lipinski definition) is 6. The van der Waals surface area contributed by atoms with Crippen LogP contribution < -0.4 is 15.5 Å². The zero-order valence-electron chi connectivity index (χ0n) is 17.8. The summed E-state index contributed by atoms with van der Waals surface area (Å²) in [6, 6.07) is 11.2. The van der Waals surface area contributed by atoms with E-state index in [2.05, 4.69) is 20.9 Å². The SMILES string of the molecule is CCc1nnc2n1N[C@H](c1ccc(OC)c(Cl)c1)[C@H](C(=O)Nc1cc(C)ccc1C)S2. The van der Waals surface area contributed by atoms with Crippen LogP contribution in [0.15, 0.2) is 41.6 Å². The predicted molar refractivity (Wildman–Crippen MR) is 124 cm³/mol. The third-order valence-corrected chi connectivity index (χ3v) is 6.77. The first-order valence-corrected chi connectivity index (χ1v) is 11.3. The molecule has 31 heavy (non-hydrogen) atoms. The van der Waals surface area contributed by atoms with Gasteiger partial charge in [-0.1, -0.05) is 48.5 Å². The van der Waals surface area contributed by atoms with Crippen LogP contribution in [0.5, 0.6) is 5.75 Å². The average Bonchev–Trinajstić information content (AvgIpc) is 3.17. The van der Waals surface area contributed by atoms with Crippen LogP contribution in [0.1, 0.15) is 35.5 Å². The summed E-state index contributed by atoms with van der Waals surface area (Å²) in [4.78, 5) is 13.4. The van der Waals surface area contributed by atoms with Gasteiger partial charge in [0.1, 0.15) is 11.0 Å². The van der Waals surface area contributed by atoms with Crippen molar-refractivity contribution < 1.29 is 9.53 Å². The first-order chi connectivity index (χ1) is 14.9. The van der Waals surface area contributed by atoms with Crippen molar-refractivity contribution in [3.63, 3.8) is 0 Å². The Morgan fingerprint density at radius 3 is 2.77 bits per heavy atom. The summed E-state index contributed by atoms with van der Waals surface area (Å²) in [6.45, 7) is 6.00. The average molecular weight is 458 g/mol. The Labute approximate surface area is 190 Å². The van der Waals surface area contributed by atoms with E-state index in [0.717, 1.165) is 34.6 Å². The first-order valence-electron chi connectivity index (χ1n) is 10.00. The number of nitrogens with one attached hydrogen (secondary N) is 2. The summed E-state index contributed by atoms with van der Waals surface area (Å²) >= 11 is 7.78. The molecular weight excluding hydrogens is 434 g/mol. The van der Waals surface area contributed by atoms with Crippen LogP contribution in [0, 0.1) is 13.8 Å². The van der Waals surface area contributed by atoms with Crippen LogP contribution in [0.4, 0.5) is 5.69 Å². The summed E-state index contributed by atoms with van der Waals surface area (Å²) in [5, 5.41) is 12.3. The number of aromatic nitrogens is 3. The Kier molecular flexibility index (Phi) is 6.11. The standard InChI is InChI=1S/C22H24ClN5O2S/c1-5-18-25-26-22-28(18)27-19(14-8-9-17(30-4)15(23)11-14)20(31-22)21(29)24-16-10-12(2)6-7-13(16)3/h6-11,19-20,27H,5H2,1-4H3,(H,24,29)/t19-,20-/m1/s1. The van der Waals surface area contributed by atoms with Crippen molar-refractivity contribution >= 4 is 35.0 Å². The van der Waals surface area contributed by atoms with Crippen molar-refractivity contribution in [2.24, 2.45) is 0 Å². The lowest BCUT2D eigenvalue weighted by Gasteiger charge is -2.33. The molecule has 1 aliphatic heterocycles. The van der Waals surface area contributed by atoms with E-state index in [1.165, 1.54) is 11.8 Å². The molecule has 9 heteroatoms. The molecule has 7 nitrogen and oxygen atoms in total. The Balaban J connectivity index is 1.71. The van der Waals surface area contributed by atoms with E-state index < -0.39 is 5.25 Å². The minimum Gasteiger partial charge on any atom is -0.495 e. The van der Waals surface area contributed by atoms with E-state index in [1.54, 1.807) is 7.11 Å². The van der Waals surface area contributed by atoms with Gasteiger partial charge in [-0.3, -0.25) is 4.79 Å². The number of methoxy groups -OCH3 is 1. The van der Waals surface area contributed by atoms with Crippen LogP contribution in [0.25, 0.3) is 0 Å². The number of anilines is 1. The molecule has 0 saturated carbocycles. The number of fused-ring (bicyclic) bond motifs is 1. The summed E-state index contributed by atoms with van der Waals surface area (Å²) in [7, 11) is 1.58. The van der Waals surface area contributed by atoms with Crippen LogP contribution in [0.3, 0.4) is 0 Å². The first kappa shape index (κ1) is 21.5. The fourth-order valence-electron chi connectivity index (χ4n) is 3.53. The second kappa shape index (κ2) is 8.80. The molecule has 3 aromatic rings. The molecule has 2 heterocycles. The molecule has 0 saturated heterocycles. The largest absolute Gasteiger partial charge is 0.495 e. The lowest BCUT2D eigenvalue weighted by molar-refractivity contribution is -0.116. The maximum Gasteiger partial charge on any atom is 0.240 e. The second-order valence-corrected chi connectivity index (χ2v) is 8.95. The summed E-state index contributed by atoms with van der Waals surface area (Å²) in [5.74, 6) is 1.28. The van der Waals surface area contributed by atoms with Gasteiger partial charge in [0.05, 0.1) is 18.2 Å². The van der Waals surface area contributed by atoms with E-state index in [9.17, 15) is 4.79 Å². The number of rotatable bonds is 5. The van der Waals surface area contributed by atoms with Crippen LogP contribution in [0.2, 0.25) is 5.02 Å². The third-order valence-electron chi connectivity index (χ3n) is 5.26. The number of aryl methyl sites for hydroxylation is 3. The molecule has 0 fully saturated rings. The van der Waals surface area contributed by atoms with E-state index in [-0.39, 0.29) is 11.9 Å². The maximum absolute atomic E-state index is 13.4. The van der Waals surface area contributed by atoms with Crippen LogP contribution in [-0.4, -0.2) is 33.1 Å². The van der Waals surface area contributed by atoms with Gasteiger partial charge in [-0.25, -0.2) is 4.68 Å². The van der Waals surface area contributed by atoms with E-state index in [4.69, 9.17) is 16.3 Å². The van der Waals surface area contributed by atoms with Gasteiger partial charge >= 0.3 is 0 Å². The number of ether oxygens (including phenoxy) is 1. The molecule has 1 aliphatic rings. The number of thioether (sulfide) groups is 1. The number of hydrogen-bond donors (Lipinski definition) is 2. The topological polar surface area (TPSA) is 81.1 Å². The minimum atomic E-state index is -0.481. The predicted octanol–water partition coefficient (Wildman–Crippen LogP) is 4.52. The molecule has 0 bridgehead atoms. The highest BCUT2D eigenvalue weighted by atomic mass is 35.5. The van der Waals surface area contributed by atoms with Gasteiger partial charge in [-0.15, -0.1) is 10.2 Å². The Morgan fingerprint density at radius 1 is 1.26 bits per heavy atom. The molecule has 0 spiro atoms. The highest BCUT2D eigenvalue weighted by Crippen LogP contribution is 2.39. The summed E-state index contributed by atoms with van der Waals surface area (Å²) in [5.41, 5.74) is 7.20. The van der Waals surface area contributed by atoms with Crippen molar-refractivity contribution in [1.82, 2.24) is 14.9 Å². The van der Waals surface area contributed by atoms with Gasteiger partial charge in [0, 0.05) is 12.1 Å². The number of benzene rings is 2. The van der Waals surface area contributed by atoms with Gasteiger partial charge < -0.3 is 15.5 Å². The fourth-order valence-corrected chi connectivity index (χ4v) is 4.89. The monoisotopic (exact) mass is 457 g/mol. The molecule has 4 rings (SSSR count). The Morgan fingerprint density at radius 2 is 2.06 bits per heavy atom. The normalized spacial score (nSPS) is 17.6. The highest BCUT2D eigenvalue weighted by Gasteiger charge is 2.38. The maximum atomic E-state index is 13.4. The number of amides is 1. The van der Waals surface area contributed by atoms with Gasteiger partial charge in [0.2, 0.25) is 11.1 Å². The van der Waals surface area contributed by atoms with Crippen molar-refractivity contribution in [1.29, 1.82) is 0 Å². The van der Waals surface area contributed by atoms with Crippen LogP contribution >= 0.6 is 23.4 Å². The van der Waals surface area contributed by atoms with E-state index in [1.807, 2.05) is 61.8 Å². The summed E-state index contributed by atoms with van der Waals surface area (Å²) < 4.78 is 7.14. The quantitative estimate of drug-likeness (QED) is 0.586. The molecule has 2 N–H and O–H groups in total. The molecule has 0 aliphatic carbocycles. The molecule has 2 aromatic carbocycles. The number of nitrogens with zero attached hydrogens (tertiary/aromatic N) is 3. The molecule has 0 unspecified atom stereocenters. The lowest BCUT2D eigenvalue weighted by Crippen LogP contribution is -2.41. The smallest absolute Gasteiger partial charge is 0.240 e. The van der Waals surface area contributed by atoms with Crippen LogP contribution in [-0.2, 0) is 11.2 Å². The Hall–Kier alpha value is -2.71. The second-order valence-electron chi connectivity index (χ2n) is 7.43. The van der Waals surface area contributed by atoms with E-state index >= 15 is 0 Å². The zero-order valence-corrected chi connectivity index (χ0v) is 19.3.